The fourth-order valence-corrected chi connectivity index (χ4v) is 2.46. The van der Waals surface area contributed by atoms with E-state index in [0.717, 1.165) is 19.2 Å². The maximum Gasteiger partial charge on any atom is 0.167 e. The molecular formula is C13H9BrINO. The molecule has 0 bridgehead atoms. The van der Waals surface area contributed by atoms with Gasteiger partial charge in [0, 0.05) is 32.4 Å². The highest BCUT2D eigenvalue weighted by molar-refractivity contribution is 14.1. The molecule has 0 unspecified atom stereocenters. The normalized spacial score (nSPS) is 10.2. The van der Waals surface area contributed by atoms with Crippen LogP contribution < -0.4 is 0 Å². The van der Waals surface area contributed by atoms with E-state index < -0.39 is 0 Å². The number of rotatable bonds is 3. The molecule has 1 aromatic carbocycles. The number of benzene rings is 1. The van der Waals surface area contributed by atoms with E-state index >= 15 is 0 Å². The van der Waals surface area contributed by atoms with Crippen molar-refractivity contribution < 1.29 is 4.79 Å². The maximum absolute atomic E-state index is 12.0. The molecule has 0 amide bonds. The Labute approximate surface area is 122 Å². The van der Waals surface area contributed by atoms with E-state index in [1.807, 2.05) is 30.3 Å². The Morgan fingerprint density at radius 1 is 1.29 bits per heavy atom. The molecule has 0 saturated heterocycles. The molecular weight excluding hydrogens is 393 g/mol. The maximum atomic E-state index is 12.0. The van der Waals surface area contributed by atoms with Crippen LogP contribution in [0.25, 0.3) is 0 Å². The molecule has 0 saturated carbocycles. The molecule has 1 aromatic heterocycles. The predicted octanol–water partition coefficient (Wildman–Crippen LogP) is 3.87. The van der Waals surface area contributed by atoms with E-state index in [-0.39, 0.29) is 5.78 Å². The third-order valence-electron chi connectivity index (χ3n) is 2.27. The van der Waals surface area contributed by atoms with Gasteiger partial charge in [-0.2, -0.15) is 0 Å². The second-order valence-corrected chi connectivity index (χ2v) is 5.78. The average molecular weight is 402 g/mol. The standard InChI is InChI=1S/C13H9BrINO/c14-11-4-9(7-16-8-11)5-13(17)10-2-1-3-12(15)6-10/h1-4,6-8H,5H2. The summed E-state index contributed by atoms with van der Waals surface area (Å²) in [4.78, 5) is 16.1. The summed E-state index contributed by atoms with van der Waals surface area (Å²) in [6.07, 6.45) is 3.81. The number of hydrogen-bond donors (Lipinski definition) is 0. The molecule has 2 aromatic rings. The van der Waals surface area contributed by atoms with Gasteiger partial charge in [-0.3, -0.25) is 9.78 Å². The van der Waals surface area contributed by atoms with Crippen molar-refractivity contribution in [1.29, 1.82) is 0 Å². The molecule has 0 atom stereocenters. The summed E-state index contributed by atoms with van der Waals surface area (Å²) in [5, 5.41) is 0. The SMILES string of the molecule is O=C(Cc1cncc(Br)c1)c1cccc(I)c1. The predicted molar refractivity (Wildman–Crippen MR) is 79.1 cm³/mol. The van der Waals surface area contributed by atoms with E-state index in [1.54, 1.807) is 12.4 Å². The highest BCUT2D eigenvalue weighted by Gasteiger charge is 2.07. The van der Waals surface area contributed by atoms with Crippen LogP contribution in [0.2, 0.25) is 0 Å². The minimum atomic E-state index is 0.114. The lowest BCUT2D eigenvalue weighted by Crippen LogP contribution is -2.04. The zero-order chi connectivity index (χ0) is 12.3. The number of hydrogen-bond acceptors (Lipinski definition) is 2. The van der Waals surface area contributed by atoms with E-state index in [2.05, 4.69) is 43.5 Å². The summed E-state index contributed by atoms with van der Waals surface area (Å²) >= 11 is 5.55. The first-order valence-electron chi connectivity index (χ1n) is 5.03. The largest absolute Gasteiger partial charge is 0.294 e. The van der Waals surface area contributed by atoms with Gasteiger partial charge in [0.15, 0.2) is 5.78 Å². The van der Waals surface area contributed by atoms with E-state index in [0.29, 0.717) is 6.42 Å². The molecule has 0 N–H and O–H groups in total. The Balaban J connectivity index is 2.17. The van der Waals surface area contributed by atoms with Crippen LogP contribution in [0.3, 0.4) is 0 Å². The first kappa shape index (κ1) is 12.7. The van der Waals surface area contributed by atoms with Gasteiger partial charge in [-0.15, -0.1) is 0 Å². The second kappa shape index (κ2) is 5.73. The smallest absolute Gasteiger partial charge is 0.167 e. The lowest BCUT2D eigenvalue weighted by atomic mass is 10.0. The fraction of sp³-hybridized carbons (Fsp3) is 0.0769. The topological polar surface area (TPSA) is 30.0 Å². The van der Waals surface area contributed by atoms with Gasteiger partial charge in [0.1, 0.15) is 0 Å². The van der Waals surface area contributed by atoms with E-state index in [9.17, 15) is 4.79 Å². The quantitative estimate of drug-likeness (QED) is 0.577. The summed E-state index contributed by atoms with van der Waals surface area (Å²) in [6.45, 7) is 0. The molecule has 86 valence electrons. The Hall–Kier alpha value is -0.750. The lowest BCUT2D eigenvalue weighted by molar-refractivity contribution is 0.0993. The van der Waals surface area contributed by atoms with Crippen molar-refractivity contribution in [2.24, 2.45) is 0 Å². The van der Waals surface area contributed by atoms with Crippen LogP contribution >= 0.6 is 38.5 Å². The zero-order valence-electron chi connectivity index (χ0n) is 8.86. The third kappa shape index (κ3) is 3.61. The van der Waals surface area contributed by atoms with Gasteiger partial charge in [-0.25, -0.2) is 0 Å². The number of Topliss-reactive ketones (excluding diaryl/α,β-unsaturated/α-hetero) is 1. The average Bonchev–Trinajstić information content (AvgIpc) is 2.29. The van der Waals surface area contributed by atoms with Crippen molar-refractivity contribution in [2.75, 3.05) is 0 Å². The number of aromatic nitrogens is 1. The van der Waals surface area contributed by atoms with Crippen molar-refractivity contribution in [3.05, 3.63) is 61.9 Å². The van der Waals surface area contributed by atoms with Crippen LogP contribution in [0.15, 0.2) is 47.2 Å². The van der Waals surface area contributed by atoms with Crippen molar-refractivity contribution in [2.45, 2.75) is 6.42 Å². The zero-order valence-corrected chi connectivity index (χ0v) is 12.6. The van der Waals surface area contributed by atoms with Crippen LogP contribution in [0.4, 0.5) is 0 Å². The summed E-state index contributed by atoms with van der Waals surface area (Å²) in [6, 6.07) is 9.52. The summed E-state index contributed by atoms with van der Waals surface area (Å²) in [7, 11) is 0. The first-order valence-corrected chi connectivity index (χ1v) is 6.90. The van der Waals surface area contributed by atoms with Crippen molar-refractivity contribution in [3.63, 3.8) is 0 Å². The second-order valence-electron chi connectivity index (χ2n) is 3.62. The van der Waals surface area contributed by atoms with Gasteiger partial charge in [0.2, 0.25) is 0 Å². The van der Waals surface area contributed by atoms with Crippen LogP contribution in [-0.2, 0) is 6.42 Å². The molecule has 1 heterocycles. The third-order valence-corrected chi connectivity index (χ3v) is 3.38. The number of pyridine rings is 1. The lowest BCUT2D eigenvalue weighted by Gasteiger charge is -2.02. The molecule has 4 heteroatoms. The van der Waals surface area contributed by atoms with Crippen molar-refractivity contribution in [1.82, 2.24) is 4.98 Å². The molecule has 0 aliphatic heterocycles. The van der Waals surface area contributed by atoms with E-state index in [1.165, 1.54) is 0 Å². The first-order chi connectivity index (χ1) is 8.15. The summed E-state index contributed by atoms with van der Waals surface area (Å²) in [5.74, 6) is 0.114. The van der Waals surface area contributed by atoms with Gasteiger partial charge in [0.05, 0.1) is 0 Å². The summed E-state index contributed by atoms with van der Waals surface area (Å²) < 4.78 is 1.96. The van der Waals surface area contributed by atoms with Gasteiger partial charge in [0.25, 0.3) is 0 Å². The molecule has 0 fully saturated rings. The van der Waals surface area contributed by atoms with Crippen molar-refractivity contribution in [3.8, 4) is 0 Å². The number of carbonyl (C=O) groups is 1. The minimum Gasteiger partial charge on any atom is -0.294 e. The van der Waals surface area contributed by atoms with Crippen LogP contribution in [0.5, 0.6) is 0 Å². The monoisotopic (exact) mass is 401 g/mol. The number of ketones is 1. The molecule has 0 radical (unpaired) electrons. The highest BCUT2D eigenvalue weighted by Crippen LogP contribution is 2.14. The van der Waals surface area contributed by atoms with Crippen LogP contribution in [-0.4, -0.2) is 10.8 Å². The van der Waals surface area contributed by atoms with Crippen LogP contribution in [0, 0.1) is 3.57 Å². The molecule has 0 aliphatic carbocycles. The molecule has 0 aliphatic rings. The number of nitrogens with zero attached hydrogens (tertiary/aromatic N) is 1. The van der Waals surface area contributed by atoms with Gasteiger partial charge in [-0.1, -0.05) is 12.1 Å². The van der Waals surface area contributed by atoms with E-state index in [4.69, 9.17) is 0 Å². The number of carbonyl (C=O) groups excluding carboxylic acids is 1. The Morgan fingerprint density at radius 2 is 2.12 bits per heavy atom. The van der Waals surface area contributed by atoms with Gasteiger partial charge in [-0.05, 0) is 62.3 Å². The van der Waals surface area contributed by atoms with Gasteiger partial charge < -0.3 is 0 Å². The molecule has 17 heavy (non-hydrogen) atoms. The Kier molecular flexibility index (Phi) is 4.28. The number of halogens is 2. The molecule has 2 rings (SSSR count). The molecule has 2 nitrogen and oxygen atoms in total. The highest BCUT2D eigenvalue weighted by atomic mass is 127. The fourth-order valence-electron chi connectivity index (χ4n) is 1.50. The Morgan fingerprint density at radius 3 is 2.82 bits per heavy atom. The molecule has 0 spiro atoms. The van der Waals surface area contributed by atoms with Crippen molar-refractivity contribution >= 4 is 44.3 Å². The van der Waals surface area contributed by atoms with Gasteiger partial charge >= 0.3 is 0 Å². The minimum absolute atomic E-state index is 0.114. The Bertz CT molecular complexity index is 557. The summed E-state index contributed by atoms with van der Waals surface area (Å²) in [5.41, 5.74) is 1.67. The van der Waals surface area contributed by atoms with Crippen LogP contribution in [0.1, 0.15) is 15.9 Å².